The van der Waals surface area contributed by atoms with Gasteiger partial charge < -0.3 is 5.11 Å². The first kappa shape index (κ1) is 11.4. The molecule has 1 heterocycles. The van der Waals surface area contributed by atoms with Crippen LogP contribution in [0.4, 0.5) is 19.4 Å². The molecular weight excluding hydrogens is 206 g/mol. The lowest BCUT2D eigenvalue weighted by atomic mass is 10.3. The van der Waals surface area contributed by atoms with E-state index in [1.54, 1.807) is 6.07 Å². The van der Waals surface area contributed by atoms with E-state index in [4.69, 9.17) is 5.11 Å². The molecule has 0 aliphatic carbocycles. The predicted octanol–water partition coefficient (Wildman–Crippen LogP) is 2.22. The van der Waals surface area contributed by atoms with E-state index in [0.717, 1.165) is 0 Å². The summed E-state index contributed by atoms with van der Waals surface area (Å²) in [6.07, 6.45) is -0.103. The smallest absolute Gasteiger partial charge is 0.413 e. The average molecular weight is 216 g/mol. The van der Waals surface area contributed by atoms with Gasteiger partial charge in [-0.2, -0.15) is 0 Å². The fourth-order valence-corrected chi connectivity index (χ4v) is 1.04. The van der Waals surface area contributed by atoms with Gasteiger partial charge in [0.25, 0.3) is 5.92 Å². The van der Waals surface area contributed by atoms with E-state index in [0.29, 0.717) is 11.8 Å². The first-order valence-corrected chi connectivity index (χ1v) is 4.19. The number of halogens is 2. The summed E-state index contributed by atoms with van der Waals surface area (Å²) in [6.45, 7) is -0.245. The normalized spacial score (nSPS) is 11.1. The number of amides is 1. The molecule has 82 valence electrons. The van der Waals surface area contributed by atoms with E-state index in [1.807, 2.05) is 0 Å². The minimum atomic E-state index is -3.09. The molecule has 0 bridgehead atoms. The van der Waals surface area contributed by atoms with Gasteiger partial charge in [0.1, 0.15) is 5.82 Å². The van der Waals surface area contributed by atoms with Crippen molar-refractivity contribution in [3.8, 4) is 0 Å². The Bertz CT molecular complexity index is 338. The van der Waals surface area contributed by atoms with E-state index in [9.17, 15) is 13.6 Å². The van der Waals surface area contributed by atoms with Crippen LogP contribution in [-0.4, -0.2) is 28.7 Å². The third-order valence-corrected chi connectivity index (χ3v) is 1.59. The van der Waals surface area contributed by atoms with E-state index in [-0.39, 0.29) is 5.82 Å². The number of hydrogen-bond acceptors (Lipinski definition) is 2. The summed E-state index contributed by atoms with van der Waals surface area (Å²) in [5, 5.41) is 8.74. The Labute approximate surface area is 85.2 Å². The number of hydrogen-bond donors (Lipinski definition) is 1. The molecule has 0 atom stereocenters. The quantitative estimate of drug-likeness (QED) is 0.842. The van der Waals surface area contributed by atoms with Gasteiger partial charge in [0.2, 0.25) is 0 Å². The number of aromatic nitrogens is 1. The zero-order valence-electron chi connectivity index (χ0n) is 8.02. The Balaban J connectivity index is 2.90. The van der Waals surface area contributed by atoms with Crippen LogP contribution in [0, 0.1) is 0 Å². The lowest BCUT2D eigenvalue weighted by Gasteiger charge is -2.21. The van der Waals surface area contributed by atoms with E-state index in [1.165, 1.54) is 18.3 Å². The average Bonchev–Trinajstić information content (AvgIpc) is 2.14. The van der Waals surface area contributed by atoms with Gasteiger partial charge in [0.05, 0.1) is 6.54 Å². The second-order valence-electron chi connectivity index (χ2n) is 3.13. The fraction of sp³-hybridized carbons (Fsp3) is 0.333. The fourth-order valence-electron chi connectivity index (χ4n) is 1.04. The molecule has 0 aliphatic heterocycles. The first-order chi connectivity index (χ1) is 6.90. The summed E-state index contributed by atoms with van der Waals surface area (Å²) in [5.41, 5.74) is 0. The van der Waals surface area contributed by atoms with E-state index < -0.39 is 18.6 Å². The first-order valence-electron chi connectivity index (χ1n) is 4.19. The van der Waals surface area contributed by atoms with Crippen molar-refractivity contribution in [1.82, 2.24) is 4.98 Å². The van der Waals surface area contributed by atoms with Crippen LogP contribution in [0.15, 0.2) is 24.4 Å². The predicted molar refractivity (Wildman–Crippen MR) is 50.2 cm³/mol. The third kappa shape index (κ3) is 3.49. The maximum absolute atomic E-state index is 12.7. The Morgan fingerprint density at radius 2 is 2.27 bits per heavy atom. The molecule has 15 heavy (non-hydrogen) atoms. The highest BCUT2D eigenvalue weighted by molar-refractivity contribution is 5.84. The molecule has 0 spiro atoms. The van der Waals surface area contributed by atoms with Gasteiger partial charge in [0, 0.05) is 13.1 Å². The number of anilines is 1. The molecule has 1 rings (SSSR count). The molecule has 0 radical (unpaired) electrons. The standard InChI is InChI=1S/C9H10F2N2O2/c1-9(10,11)6-13(8(14)15)7-4-2-3-5-12-7/h2-5H,6H2,1H3,(H,14,15). The van der Waals surface area contributed by atoms with Crippen molar-refractivity contribution in [3.05, 3.63) is 24.4 Å². The van der Waals surface area contributed by atoms with Crippen LogP contribution in [0.5, 0.6) is 0 Å². The maximum atomic E-state index is 12.7. The molecule has 6 heteroatoms. The molecule has 0 fully saturated rings. The van der Waals surface area contributed by atoms with Crippen LogP contribution in [0.2, 0.25) is 0 Å². The molecule has 1 aromatic rings. The highest BCUT2D eigenvalue weighted by atomic mass is 19.3. The lowest BCUT2D eigenvalue weighted by Crippen LogP contribution is -2.39. The molecule has 1 amide bonds. The summed E-state index contributed by atoms with van der Waals surface area (Å²) >= 11 is 0. The molecule has 4 nitrogen and oxygen atoms in total. The monoisotopic (exact) mass is 216 g/mol. The minimum absolute atomic E-state index is 0.00785. The molecule has 0 aromatic carbocycles. The van der Waals surface area contributed by atoms with Crippen LogP contribution in [-0.2, 0) is 0 Å². The van der Waals surface area contributed by atoms with E-state index in [2.05, 4.69) is 4.98 Å². The Morgan fingerprint density at radius 3 is 2.67 bits per heavy atom. The molecule has 0 unspecified atom stereocenters. The summed E-state index contributed by atoms with van der Waals surface area (Å²) in [4.78, 5) is 14.9. The molecule has 0 saturated heterocycles. The van der Waals surface area contributed by atoms with Crippen LogP contribution in [0.25, 0.3) is 0 Å². The number of nitrogens with zero attached hydrogens (tertiary/aromatic N) is 2. The summed E-state index contributed by atoms with van der Waals surface area (Å²) in [7, 11) is 0. The second-order valence-corrected chi connectivity index (χ2v) is 3.13. The van der Waals surface area contributed by atoms with Crippen molar-refractivity contribution in [2.75, 3.05) is 11.4 Å². The Kier molecular flexibility index (Phi) is 3.18. The SMILES string of the molecule is CC(F)(F)CN(C(=O)O)c1ccccn1. The highest BCUT2D eigenvalue weighted by Gasteiger charge is 2.29. The third-order valence-electron chi connectivity index (χ3n) is 1.59. The van der Waals surface area contributed by atoms with Gasteiger partial charge in [-0.15, -0.1) is 0 Å². The minimum Gasteiger partial charge on any atom is -0.465 e. The van der Waals surface area contributed by atoms with Crippen molar-refractivity contribution >= 4 is 11.9 Å². The van der Waals surface area contributed by atoms with E-state index >= 15 is 0 Å². The number of alkyl halides is 2. The van der Waals surface area contributed by atoms with Crippen LogP contribution in [0.3, 0.4) is 0 Å². The van der Waals surface area contributed by atoms with Crippen molar-refractivity contribution < 1.29 is 18.7 Å². The zero-order valence-corrected chi connectivity index (χ0v) is 8.02. The number of rotatable bonds is 3. The summed E-state index contributed by atoms with van der Waals surface area (Å²) in [6, 6.07) is 4.47. The van der Waals surface area contributed by atoms with Crippen LogP contribution in [0.1, 0.15) is 6.92 Å². The van der Waals surface area contributed by atoms with Crippen molar-refractivity contribution in [3.63, 3.8) is 0 Å². The van der Waals surface area contributed by atoms with Gasteiger partial charge in [-0.05, 0) is 12.1 Å². The van der Waals surface area contributed by atoms with Gasteiger partial charge in [0.15, 0.2) is 0 Å². The molecule has 0 saturated carbocycles. The molecule has 1 aromatic heterocycles. The van der Waals surface area contributed by atoms with Gasteiger partial charge in [-0.25, -0.2) is 18.6 Å². The Morgan fingerprint density at radius 1 is 1.60 bits per heavy atom. The van der Waals surface area contributed by atoms with Gasteiger partial charge >= 0.3 is 6.09 Å². The number of carbonyl (C=O) groups is 1. The molecule has 1 N–H and O–H groups in total. The zero-order chi connectivity index (χ0) is 11.5. The second kappa shape index (κ2) is 4.20. The summed E-state index contributed by atoms with van der Waals surface area (Å²) < 4.78 is 25.4. The molecular formula is C9H10F2N2O2. The van der Waals surface area contributed by atoms with Gasteiger partial charge in [-0.3, -0.25) is 4.90 Å². The topological polar surface area (TPSA) is 53.4 Å². The van der Waals surface area contributed by atoms with Gasteiger partial charge in [-0.1, -0.05) is 6.07 Å². The molecule has 0 aliphatic rings. The van der Waals surface area contributed by atoms with Crippen molar-refractivity contribution in [2.24, 2.45) is 0 Å². The number of carboxylic acid groups (broad SMARTS) is 1. The van der Waals surface area contributed by atoms with Crippen LogP contribution < -0.4 is 4.90 Å². The Hall–Kier alpha value is -1.72. The largest absolute Gasteiger partial charge is 0.465 e. The number of pyridine rings is 1. The van der Waals surface area contributed by atoms with Crippen molar-refractivity contribution in [2.45, 2.75) is 12.8 Å². The van der Waals surface area contributed by atoms with Crippen molar-refractivity contribution in [1.29, 1.82) is 0 Å². The highest BCUT2D eigenvalue weighted by Crippen LogP contribution is 2.18. The van der Waals surface area contributed by atoms with Crippen LogP contribution >= 0.6 is 0 Å². The lowest BCUT2D eigenvalue weighted by molar-refractivity contribution is 0.0298. The maximum Gasteiger partial charge on any atom is 0.413 e. The summed E-state index contributed by atoms with van der Waals surface area (Å²) in [5.74, 6) is -3.10.